The zero-order valence-corrected chi connectivity index (χ0v) is 11.6. The van der Waals surface area contributed by atoms with Crippen molar-refractivity contribution < 1.29 is 9.59 Å². The van der Waals surface area contributed by atoms with Gasteiger partial charge in [-0.15, -0.1) is 0 Å². The molecule has 0 unspecified atom stereocenters. The van der Waals surface area contributed by atoms with Crippen molar-refractivity contribution in [3.05, 3.63) is 28.8 Å². The average Bonchev–Trinajstić information content (AvgIpc) is 2.78. The lowest BCUT2D eigenvalue weighted by molar-refractivity contribution is -0.115. The van der Waals surface area contributed by atoms with Crippen LogP contribution in [0.3, 0.4) is 0 Å². The summed E-state index contributed by atoms with van der Waals surface area (Å²) in [7, 11) is 0. The van der Waals surface area contributed by atoms with Gasteiger partial charge in [-0.1, -0.05) is 0 Å². The second-order valence-electron chi connectivity index (χ2n) is 4.51. The molecule has 2 amide bonds. The number of carbonyl (C=O) groups is 2. The molecule has 0 spiro atoms. The summed E-state index contributed by atoms with van der Waals surface area (Å²) in [6, 6.07) is 3.74. The van der Waals surface area contributed by atoms with Gasteiger partial charge in [0.15, 0.2) is 0 Å². The van der Waals surface area contributed by atoms with Gasteiger partial charge in [0.05, 0.1) is 4.91 Å². The third kappa shape index (κ3) is 2.68. The van der Waals surface area contributed by atoms with Gasteiger partial charge >= 0.3 is 0 Å². The molecule has 1 aromatic heterocycles. The molecule has 3 rings (SSSR count). The molecule has 0 bridgehead atoms. The molecule has 0 saturated carbocycles. The molecule has 1 aromatic rings. The summed E-state index contributed by atoms with van der Waals surface area (Å²) >= 11 is 0.927. The summed E-state index contributed by atoms with van der Waals surface area (Å²) in [6.45, 7) is 3.59. The van der Waals surface area contributed by atoms with E-state index in [4.69, 9.17) is 0 Å². The van der Waals surface area contributed by atoms with Gasteiger partial charge in [0, 0.05) is 37.9 Å². The Kier molecular flexibility index (Phi) is 3.70. The first kappa shape index (κ1) is 13.1. The molecule has 3 heterocycles. The standard InChI is InChI=1S/C13H14N4O2S/c18-12-10(20-13(19)16-12)8-9-2-1-3-15-11(9)17-6-4-14-5-7-17/h1-3,8,14H,4-7H2,(H,16,18,19)/b10-8+. The highest BCUT2D eigenvalue weighted by molar-refractivity contribution is 8.18. The quantitative estimate of drug-likeness (QED) is 0.785. The van der Waals surface area contributed by atoms with Crippen molar-refractivity contribution in [3.63, 3.8) is 0 Å². The second kappa shape index (κ2) is 5.64. The number of piperazine rings is 1. The maximum absolute atomic E-state index is 11.6. The molecule has 7 heteroatoms. The van der Waals surface area contributed by atoms with E-state index in [-0.39, 0.29) is 11.1 Å². The van der Waals surface area contributed by atoms with Crippen LogP contribution in [-0.4, -0.2) is 42.3 Å². The van der Waals surface area contributed by atoms with E-state index in [2.05, 4.69) is 20.5 Å². The molecule has 2 aliphatic rings. The number of thioether (sulfide) groups is 1. The topological polar surface area (TPSA) is 74.3 Å². The van der Waals surface area contributed by atoms with Crippen LogP contribution >= 0.6 is 11.8 Å². The second-order valence-corrected chi connectivity index (χ2v) is 5.52. The minimum atomic E-state index is -0.338. The van der Waals surface area contributed by atoms with E-state index in [1.54, 1.807) is 12.3 Å². The van der Waals surface area contributed by atoms with Crippen LogP contribution in [-0.2, 0) is 4.79 Å². The Morgan fingerprint density at radius 3 is 2.80 bits per heavy atom. The van der Waals surface area contributed by atoms with E-state index in [0.717, 1.165) is 49.3 Å². The van der Waals surface area contributed by atoms with Gasteiger partial charge in [-0.3, -0.25) is 14.9 Å². The molecule has 2 aliphatic heterocycles. The van der Waals surface area contributed by atoms with Crippen LogP contribution in [0, 0.1) is 0 Å². The van der Waals surface area contributed by atoms with Crippen molar-refractivity contribution in [1.82, 2.24) is 15.6 Å². The number of carbonyl (C=O) groups excluding carboxylic acids is 2. The lowest BCUT2D eigenvalue weighted by Crippen LogP contribution is -2.44. The summed E-state index contributed by atoms with van der Waals surface area (Å²) in [6.07, 6.45) is 3.47. The molecule has 20 heavy (non-hydrogen) atoms. The van der Waals surface area contributed by atoms with Gasteiger partial charge in [-0.25, -0.2) is 4.98 Å². The Hall–Kier alpha value is -1.86. The third-order valence-electron chi connectivity index (χ3n) is 3.16. The van der Waals surface area contributed by atoms with Gasteiger partial charge in [0.25, 0.3) is 11.1 Å². The number of hydrogen-bond donors (Lipinski definition) is 2. The van der Waals surface area contributed by atoms with Crippen molar-refractivity contribution in [3.8, 4) is 0 Å². The number of pyridine rings is 1. The van der Waals surface area contributed by atoms with Gasteiger partial charge in [0.1, 0.15) is 5.82 Å². The molecule has 104 valence electrons. The number of nitrogens with zero attached hydrogens (tertiary/aromatic N) is 2. The largest absolute Gasteiger partial charge is 0.354 e. The molecule has 0 aromatic carbocycles. The molecular weight excluding hydrogens is 276 g/mol. The fraction of sp³-hybridized carbons (Fsp3) is 0.308. The Labute approximate surface area is 120 Å². The monoisotopic (exact) mass is 290 g/mol. The molecule has 0 atom stereocenters. The van der Waals surface area contributed by atoms with Crippen molar-refractivity contribution >= 4 is 34.8 Å². The summed E-state index contributed by atoms with van der Waals surface area (Å²) in [5.74, 6) is 0.518. The maximum atomic E-state index is 11.6. The van der Waals surface area contributed by atoms with E-state index in [9.17, 15) is 9.59 Å². The van der Waals surface area contributed by atoms with E-state index in [1.165, 1.54) is 0 Å². The normalized spacial score (nSPS) is 21.4. The number of amides is 2. The molecular formula is C13H14N4O2S. The van der Waals surface area contributed by atoms with Gasteiger partial charge in [-0.05, 0) is 30.0 Å². The number of rotatable bonds is 2. The summed E-state index contributed by atoms with van der Waals surface area (Å²) in [5, 5.41) is 5.23. The number of aromatic nitrogens is 1. The summed E-state index contributed by atoms with van der Waals surface area (Å²) in [4.78, 5) is 29.8. The third-order valence-corrected chi connectivity index (χ3v) is 3.97. The zero-order valence-electron chi connectivity index (χ0n) is 10.8. The number of nitrogens with one attached hydrogen (secondary N) is 2. The Balaban J connectivity index is 1.91. The lowest BCUT2D eigenvalue weighted by Gasteiger charge is -2.29. The van der Waals surface area contributed by atoms with Crippen LogP contribution in [0.4, 0.5) is 10.6 Å². The summed E-state index contributed by atoms with van der Waals surface area (Å²) < 4.78 is 0. The summed E-state index contributed by atoms with van der Waals surface area (Å²) in [5.41, 5.74) is 0.863. The number of imide groups is 1. The van der Waals surface area contributed by atoms with Crippen LogP contribution in [0.1, 0.15) is 5.56 Å². The van der Waals surface area contributed by atoms with Crippen LogP contribution in [0.5, 0.6) is 0 Å². The van der Waals surface area contributed by atoms with Crippen LogP contribution in [0.25, 0.3) is 6.08 Å². The van der Waals surface area contributed by atoms with Crippen LogP contribution < -0.4 is 15.5 Å². The van der Waals surface area contributed by atoms with E-state index in [1.807, 2.05) is 12.1 Å². The van der Waals surface area contributed by atoms with Gasteiger partial charge in [0.2, 0.25) is 0 Å². The first-order valence-electron chi connectivity index (χ1n) is 6.39. The van der Waals surface area contributed by atoms with Crippen LogP contribution in [0.2, 0.25) is 0 Å². The van der Waals surface area contributed by atoms with Crippen LogP contribution in [0.15, 0.2) is 23.2 Å². The van der Waals surface area contributed by atoms with E-state index >= 15 is 0 Å². The maximum Gasteiger partial charge on any atom is 0.290 e. The number of anilines is 1. The Morgan fingerprint density at radius 2 is 2.10 bits per heavy atom. The minimum absolute atomic E-state index is 0.325. The average molecular weight is 290 g/mol. The van der Waals surface area contributed by atoms with Crippen molar-refractivity contribution in [2.24, 2.45) is 0 Å². The number of hydrogen-bond acceptors (Lipinski definition) is 6. The van der Waals surface area contributed by atoms with E-state index < -0.39 is 0 Å². The van der Waals surface area contributed by atoms with Crippen molar-refractivity contribution in [2.75, 3.05) is 31.1 Å². The molecule has 2 saturated heterocycles. The highest BCUT2D eigenvalue weighted by Gasteiger charge is 2.25. The van der Waals surface area contributed by atoms with Crippen molar-refractivity contribution in [1.29, 1.82) is 0 Å². The SMILES string of the molecule is O=C1NC(=O)/C(=C\c2cccnc2N2CCNCC2)S1. The Bertz CT molecular complexity index is 581. The first-order valence-corrected chi connectivity index (χ1v) is 7.21. The first-order chi connectivity index (χ1) is 9.74. The van der Waals surface area contributed by atoms with Gasteiger partial charge in [-0.2, -0.15) is 0 Å². The molecule has 2 fully saturated rings. The predicted molar refractivity (Wildman–Crippen MR) is 78.4 cm³/mol. The minimum Gasteiger partial charge on any atom is -0.354 e. The molecule has 6 nitrogen and oxygen atoms in total. The molecule has 0 radical (unpaired) electrons. The highest BCUT2D eigenvalue weighted by atomic mass is 32.2. The lowest BCUT2D eigenvalue weighted by atomic mass is 10.2. The van der Waals surface area contributed by atoms with Crippen molar-refractivity contribution in [2.45, 2.75) is 0 Å². The molecule has 0 aliphatic carbocycles. The fourth-order valence-corrected chi connectivity index (χ4v) is 2.90. The van der Waals surface area contributed by atoms with Gasteiger partial charge < -0.3 is 10.2 Å². The predicted octanol–water partition coefficient (Wildman–Crippen LogP) is 0.815. The van der Waals surface area contributed by atoms with E-state index in [0.29, 0.717) is 4.91 Å². The fourth-order valence-electron chi connectivity index (χ4n) is 2.23. The highest BCUT2D eigenvalue weighted by Crippen LogP contribution is 2.28. The Morgan fingerprint density at radius 1 is 1.30 bits per heavy atom. The molecule has 2 N–H and O–H groups in total. The smallest absolute Gasteiger partial charge is 0.290 e. The zero-order chi connectivity index (χ0) is 13.9.